The van der Waals surface area contributed by atoms with Crippen LogP contribution < -0.4 is 30.0 Å². The zero-order valence-electron chi connectivity index (χ0n) is 20.8. The van der Waals surface area contributed by atoms with Gasteiger partial charge in [-0.25, -0.2) is 0 Å². The summed E-state index contributed by atoms with van der Waals surface area (Å²) in [4.78, 5) is 12.9. The molecule has 0 spiro atoms. The zero-order valence-corrected chi connectivity index (χ0v) is 21.6. The summed E-state index contributed by atoms with van der Waals surface area (Å²) < 4.78 is 27.2. The Bertz CT molecular complexity index is 1330. The average Bonchev–Trinajstić information content (AvgIpc) is 3.42. The maximum Gasteiger partial charge on any atom is 0.245 e. The molecule has 3 aromatic carbocycles. The van der Waals surface area contributed by atoms with Crippen LogP contribution in [0.15, 0.2) is 71.4 Å². The second kappa shape index (κ2) is 12.2. The van der Waals surface area contributed by atoms with Gasteiger partial charge in [0.25, 0.3) is 0 Å². The minimum Gasteiger partial charge on any atom is -0.495 e. The molecule has 4 rings (SSSR count). The van der Waals surface area contributed by atoms with E-state index < -0.39 is 6.04 Å². The van der Waals surface area contributed by atoms with E-state index in [4.69, 9.17) is 29.2 Å². The van der Waals surface area contributed by atoms with Gasteiger partial charge in [-0.2, -0.15) is 0 Å². The largest absolute Gasteiger partial charge is 0.495 e. The third-order valence-electron chi connectivity index (χ3n) is 5.72. The predicted octanol–water partition coefficient (Wildman–Crippen LogP) is 5.10. The van der Waals surface area contributed by atoms with Crippen LogP contribution >= 0.6 is 12.4 Å². The smallest absolute Gasteiger partial charge is 0.245 e. The highest BCUT2D eigenvalue weighted by Crippen LogP contribution is 2.43. The molecule has 0 saturated heterocycles. The van der Waals surface area contributed by atoms with Crippen molar-refractivity contribution in [1.82, 2.24) is 5.16 Å². The van der Waals surface area contributed by atoms with Gasteiger partial charge in [0.2, 0.25) is 11.7 Å². The van der Waals surface area contributed by atoms with Crippen LogP contribution in [-0.2, 0) is 4.79 Å². The van der Waals surface area contributed by atoms with Gasteiger partial charge in [-0.1, -0.05) is 41.6 Å². The van der Waals surface area contributed by atoms with Gasteiger partial charge in [-0.15, -0.1) is 12.4 Å². The fourth-order valence-corrected chi connectivity index (χ4v) is 3.86. The molecule has 1 heterocycles. The number of halogens is 1. The Morgan fingerprint density at radius 3 is 2.11 bits per heavy atom. The number of rotatable bonds is 9. The van der Waals surface area contributed by atoms with Crippen LogP contribution in [0.3, 0.4) is 0 Å². The summed E-state index contributed by atoms with van der Waals surface area (Å²) in [6, 6.07) is 17.3. The number of methoxy groups -OCH3 is 4. The molecule has 1 atom stereocenters. The standard InChI is InChI=1S/C27H27N3O6.ClH/c1-32-21-11-10-17(12-20(21)29-27(31)24(28)16-8-6-5-7-9-16)19-15-36-30-25(19)18-13-22(33-2)26(35-4)23(14-18)34-3;/h5-15,24H,28H2,1-4H3,(H,29,31);1H. The second-order valence-corrected chi connectivity index (χ2v) is 7.78. The highest BCUT2D eigenvalue weighted by molar-refractivity contribution is 5.97. The molecule has 194 valence electrons. The highest BCUT2D eigenvalue weighted by atomic mass is 35.5. The van der Waals surface area contributed by atoms with Crippen LogP contribution in [-0.4, -0.2) is 39.5 Å². The number of ether oxygens (including phenoxy) is 4. The van der Waals surface area contributed by atoms with Gasteiger partial charge in [0, 0.05) is 11.1 Å². The number of aromatic nitrogens is 1. The van der Waals surface area contributed by atoms with E-state index in [1.54, 1.807) is 57.7 Å². The van der Waals surface area contributed by atoms with Crippen molar-refractivity contribution < 1.29 is 28.3 Å². The number of anilines is 1. The van der Waals surface area contributed by atoms with E-state index >= 15 is 0 Å². The van der Waals surface area contributed by atoms with Crippen LogP contribution in [0.4, 0.5) is 5.69 Å². The SMILES string of the molecule is COc1ccc(-c2conc2-c2cc(OC)c(OC)c(OC)c2)cc1NC(=O)C(N)c1ccccc1.Cl. The van der Waals surface area contributed by atoms with E-state index in [-0.39, 0.29) is 18.3 Å². The number of hydrogen-bond acceptors (Lipinski definition) is 8. The maximum atomic E-state index is 12.9. The number of carbonyl (C=O) groups excluding carboxylic acids is 1. The summed E-state index contributed by atoms with van der Waals surface area (Å²) in [5, 5.41) is 7.08. The number of amides is 1. The Morgan fingerprint density at radius 1 is 0.865 bits per heavy atom. The maximum absolute atomic E-state index is 12.9. The molecule has 1 unspecified atom stereocenters. The summed E-state index contributed by atoms with van der Waals surface area (Å²) >= 11 is 0. The number of nitrogens with one attached hydrogen (secondary N) is 1. The number of nitrogens with two attached hydrogens (primary N) is 1. The first-order valence-electron chi connectivity index (χ1n) is 11.0. The fourth-order valence-electron chi connectivity index (χ4n) is 3.86. The van der Waals surface area contributed by atoms with E-state index in [9.17, 15) is 4.79 Å². The normalized spacial score (nSPS) is 11.2. The second-order valence-electron chi connectivity index (χ2n) is 7.78. The summed E-state index contributed by atoms with van der Waals surface area (Å²) in [6.45, 7) is 0. The first-order valence-corrected chi connectivity index (χ1v) is 11.0. The van der Waals surface area contributed by atoms with Crippen molar-refractivity contribution in [1.29, 1.82) is 0 Å². The molecular formula is C27H28ClN3O6. The monoisotopic (exact) mass is 525 g/mol. The topological polar surface area (TPSA) is 118 Å². The highest BCUT2D eigenvalue weighted by Gasteiger charge is 2.21. The van der Waals surface area contributed by atoms with Gasteiger partial charge in [0.1, 0.15) is 23.7 Å². The lowest BCUT2D eigenvalue weighted by Gasteiger charge is -2.16. The van der Waals surface area contributed by atoms with Crippen LogP contribution in [0.2, 0.25) is 0 Å². The molecule has 10 heteroatoms. The van der Waals surface area contributed by atoms with Crippen LogP contribution in [0, 0.1) is 0 Å². The summed E-state index contributed by atoms with van der Waals surface area (Å²) in [5.74, 6) is 1.56. The van der Waals surface area contributed by atoms with Crippen molar-refractivity contribution in [3.63, 3.8) is 0 Å². The molecule has 3 N–H and O–H groups in total. The van der Waals surface area contributed by atoms with E-state index in [0.29, 0.717) is 51.1 Å². The predicted molar refractivity (Wildman–Crippen MR) is 143 cm³/mol. The lowest BCUT2D eigenvalue weighted by molar-refractivity contribution is -0.117. The number of hydrogen-bond donors (Lipinski definition) is 2. The van der Waals surface area contributed by atoms with Crippen LogP contribution in [0.1, 0.15) is 11.6 Å². The van der Waals surface area contributed by atoms with E-state index in [2.05, 4.69) is 10.5 Å². The fraction of sp³-hybridized carbons (Fsp3) is 0.185. The Balaban J connectivity index is 0.00000380. The van der Waals surface area contributed by atoms with Crippen molar-refractivity contribution in [3.05, 3.63) is 72.5 Å². The third-order valence-corrected chi connectivity index (χ3v) is 5.72. The number of nitrogens with zero attached hydrogens (tertiary/aromatic N) is 1. The minimum atomic E-state index is -0.843. The first-order chi connectivity index (χ1) is 17.5. The average molecular weight is 526 g/mol. The molecule has 0 saturated carbocycles. The van der Waals surface area contributed by atoms with Crippen molar-refractivity contribution in [2.45, 2.75) is 6.04 Å². The zero-order chi connectivity index (χ0) is 25.7. The Kier molecular flexibility index (Phi) is 9.00. The van der Waals surface area contributed by atoms with Gasteiger partial charge < -0.3 is 34.5 Å². The van der Waals surface area contributed by atoms with E-state index in [0.717, 1.165) is 5.56 Å². The van der Waals surface area contributed by atoms with Gasteiger partial charge in [-0.05, 0) is 35.4 Å². The molecule has 37 heavy (non-hydrogen) atoms. The molecule has 0 aliphatic carbocycles. The molecule has 1 amide bonds. The van der Waals surface area contributed by atoms with E-state index in [1.807, 2.05) is 24.3 Å². The molecule has 4 aromatic rings. The lowest BCUT2D eigenvalue weighted by atomic mass is 10.00. The van der Waals surface area contributed by atoms with Gasteiger partial charge in [0.15, 0.2) is 11.5 Å². The molecule has 0 aliphatic heterocycles. The van der Waals surface area contributed by atoms with Crippen LogP contribution in [0.5, 0.6) is 23.0 Å². The van der Waals surface area contributed by atoms with Crippen molar-refractivity contribution in [3.8, 4) is 45.4 Å². The van der Waals surface area contributed by atoms with Gasteiger partial charge >= 0.3 is 0 Å². The minimum absolute atomic E-state index is 0. The molecule has 1 aromatic heterocycles. The molecule has 9 nitrogen and oxygen atoms in total. The Morgan fingerprint density at radius 2 is 1.51 bits per heavy atom. The summed E-state index contributed by atoms with van der Waals surface area (Å²) in [7, 11) is 6.16. The van der Waals surface area contributed by atoms with Crippen molar-refractivity contribution in [2.24, 2.45) is 5.73 Å². The van der Waals surface area contributed by atoms with Crippen LogP contribution in [0.25, 0.3) is 22.4 Å². The van der Waals surface area contributed by atoms with Crippen molar-refractivity contribution >= 4 is 24.0 Å². The van der Waals surface area contributed by atoms with E-state index in [1.165, 1.54) is 13.4 Å². The lowest BCUT2D eigenvalue weighted by Crippen LogP contribution is -2.27. The molecule has 0 radical (unpaired) electrons. The molecule has 0 fully saturated rings. The number of benzene rings is 3. The van der Waals surface area contributed by atoms with Gasteiger partial charge in [-0.3, -0.25) is 4.79 Å². The first kappa shape index (κ1) is 27.4. The Hall–Kier alpha value is -4.21. The van der Waals surface area contributed by atoms with Crippen molar-refractivity contribution in [2.75, 3.05) is 33.8 Å². The summed E-state index contributed by atoms with van der Waals surface area (Å²) in [5.41, 5.74) is 10.0. The molecule has 0 aliphatic rings. The quantitative estimate of drug-likeness (QED) is 0.310. The summed E-state index contributed by atoms with van der Waals surface area (Å²) in [6.07, 6.45) is 1.53. The molecule has 0 bridgehead atoms. The molecular weight excluding hydrogens is 498 g/mol. The Labute approximate surface area is 220 Å². The third kappa shape index (κ3) is 5.63. The number of carbonyl (C=O) groups is 1. The van der Waals surface area contributed by atoms with Gasteiger partial charge in [0.05, 0.1) is 34.1 Å².